The van der Waals surface area contributed by atoms with E-state index >= 15 is 0 Å². The summed E-state index contributed by atoms with van der Waals surface area (Å²) in [7, 11) is 0. The Hall–Kier alpha value is -3.70. The molecule has 9 heteroatoms. The Labute approximate surface area is 233 Å². The van der Waals surface area contributed by atoms with Gasteiger partial charge in [-0.1, -0.05) is 23.7 Å². The second-order valence-electron chi connectivity index (χ2n) is 10.3. The van der Waals surface area contributed by atoms with E-state index in [-0.39, 0.29) is 29.8 Å². The molecule has 2 fully saturated rings. The summed E-state index contributed by atoms with van der Waals surface area (Å²) in [6, 6.07) is 16.4. The van der Waals surface area contributed by atoms with Gasteiger partial charge in [0.2, 0.25) is 11.8 Å². The van der Waals surface area contributed by atoms with Crippen molar-refractivity contribution in [1.82, 2.24) is 14.9 Å². The standard InChI is InChI=1S/C30H31ClFN5O2/c1-20(39-29-9-7-25(32)18-35-29)26-12-15-37(19-27(26)22-3-5-24(31)6-4-22)30(38)23-10-13-36(14-11-23)28-8-2-21(16-33)17-34-28/h2-9,17-18,20,23,26-27H,10-15,19H2,1H3/t20-,26+,27+/m0/s1. The molecule has 3 aromatic rings. The monoisotopic (exact) mass is 547 g/mol. The first kappa shape index (κ1) is 26.9. The Kier molecular flexibility index (Phi) is 8.27. The highest BCUT2D eigenvalue weighted by molar-refractivity contribution is 6.30. The third-order valence-electron chi connectivity index (χ3n) is 7.93. The van der Waals surface area contributed by atoms with Crippen LogP contribution in [0.2, 0.25) is 5.02 Å². The van der Waals surface area contributed by atoms with Crippen LogP contribution in [0.4, 0.5) is 10.2 Å². The van der Waals surface area contributed by atoms with E-state index in [2.05, 4.69) is 20.9 Å². The van der Waals surface area contributed by atoms with E-state index in [9.17, 15) is 9.18 Å². The maximum absolute atomic E-state index is 13.7. The lowest BCUT2D eigenvalue weighted by Gasteiger charge is -2.43. The van der Waals surface area contributed by atoms with Crippen LogP contribution in [-0.4, -0.2) is 53.1 Å². The van der Waals surface area contributed by atoms with Gasteiger partial charge < -0.3 is 14.5 Å². The number of hydrogen-bond acceptors (Lipinski definition) is 6. The molecular weight excluding hydrogens is 517 g/mol. The number of halogens is 2. The van der Waals surface area contributed by atoms with Crippen LogP contribution in [0.15, 0.2) is 60.9 Å². The van der Waals surface area contributed by atoms with Crippen molar-refractivity contribution in [2.75, 3.05) is 31.1 Å². The number of amides is 1. The Morgan fingerprint density at radius 1 is 1.05 bits per heavy atom. The first-order valence-corrected chi connectivity index (χ1v) is 13.7. The molecule has 0 radical (unpaired) electrons. The molecule has 1 amide bonds. The molecular formula is C30H31ClFN5O2. The number of rotatable bonds is 6. The zero-order chi connectivity index (χ0) is 27.4. The highest BCUT2D eigenvalue weighted by atomic mass is 35.5. The van der Waals surface area contributed by atoms with Crippen LogP contribution >= 0.6 is 11.6 Å². The number of benzene rings is 1. The van der Waals surface area contributed by atoms with Gasteiger partial charge in [-0.3, -0.25) is 4.79 Å². The number of hydrogen-bond donors (Lipinski definition) is 0. The molecule has 202 valence electrons. The fourth-order valence-corrected chi connectivity index (χ4v) is 5.88. The van der Waals surface area contributed by atoms with Gasteiger partial charge in [-0.2, -0.15) is 5.26 Å². The first-order valence-electron chi connectivity index (χ1n) is 13.3. The second kappa shape index (κ2) is 12.0. The van der Waals surface area contributed by atoms with Crippen molar-refractivity contribution in [3.05, 3.63) is 82.9 Å². The zero-order valence-electron chi connectivity index (χ0n) is 21.8. The van der Waals surface area contributed by atoms with Gasteiger partial charge in [-0.15, -0.1) is 0 Å². The maximum atomic E-state index is 13.7. The highest BCUT2D eigenvalue weighted by Crippen LogP contribution is 2.37. The summed E-state index contributed by atoms with van der Waals surface area (Å²) in [6.45, 7) is 4.79. The molecule has 7 nitrogen and oxygen atoms in total. The molecule has 2 saturated heterocycles. The molecule has 2 aliphatic rings. The van der Waals surface area contributed by atoms with Gasteiger partial charge in [0.1, 0.15) is 23.8 Å². The third-order valence-corrected chi connectivity index (χ3v) is 8.18. The Morgan fingerprint density at radius 2 is 1.82 bits per heavy atom. The number of ether oxygens (including phenoxy) is 1. The van der Waals surface area contributed by atoms with E-state index in [1.165, 1.54) is 6.07 Å². The van der Waals surface area contributed by atoms with Crippen molar-refractivity contribution in [2.45, 2.75) is 38.2 Å². The van der Waals surface area contributed by atoms with Crippen molar-refractivity contribution < 1.29 is 13.9 Å². The van der Waals surface area contributed by atoms with Gasteiger partial charge in [-0.05, 0) is 62.1 Å². The normalized spacial score (nSPS) is 20.8. The Morgan fingerprint density at radius 3 is 2.46 bits per heavy atom. The smallest absolute Gasteiger partial charge is 0.225 e. The third kappa shape index (κ3) is 6.31. The maximum Gasteiger partial charge on any atom is 0.225 e. The zero-order valence-corrected chi connectivity index (χ0v) is 22.6. The van der Waals surface area contributed by atoms with Crippen molar-refractivity contribution in [3.8, 4) is 11.9 Å². The number of piperidine rings is 2. The van der Waals surface area contributed by atoms with E-state index in [0.29, 0.717) is 29.6 Å². The largest absolute Gasteiger partial charge is 0.474 e. The van der Waals surface area contributed by atoms with Crippen molar-refractivity contribution in [2.24, 2.45) is 11.8 Å². The summed E-state index contributed by atoms with van der Waals surface area (Å²) in [5.41, 5.74) is 1.65. The summed E-state index contributed by atoms with van der Waals surface area (Å²) in [6.07, 6.45) is 4.88. The molecule has 0 N–H and O–H groups in total. The molecule has 39 heavy (non-hydrogen) atoms. The topological polar surface area (TPSA) is 82.4 Å². The molecule has 2 aromatic heterocycles. The number of nitrogens with zero attached hydrogens (tertiary/aromatic N) is 5. The quantitative estimate of drug-likeness (QED) is 0.408. The predicted molar refractivity (Wildman–Crippen MR) is 147 cm³/mol. The lowest BCUT2D eigenvalue weighted by atomic mass is 9.77. The van der Waals surface area contributed by atoms with Gasteiger partial charge >= 0.3 is 0 Å². The van der Waals surface area contributed by atoms with Crippen LogP contribution in [0.1, 0.15) is 43.2 Å². The van der Waals surface area contributed by atoms with Crippen LogP contribution < -0.4 is 9.64 Å². The molecule has 0 unspecified atom stereocenters. The van der Waals surface area contributed by atoms with Gasteiger partial charge in [0.25, 0.3) is 0 Å². The summed E-state index contributed by atoms with van der Waals surface area (Å²) in [5.74, 6) is 1.21. The summed E-state index contributed by atoms with van der Waals surface area (Å²) < 4.78 is 19.4. The minimum Gasteiger partial charge on any atom is -0.474 e. The first-order chi connectivity index (χ1) is 18.9. The van der Waals surface area contributed by atoms with Crippen molar-refractivity contribution >= 4 is 23.3 Å². The molecule has 0 spiro atoms. The highest BCUT2D eigenvalue weighted by Gasteiger charge is 2.39. The van der Waals surface area contributed by atoms with Crippen molar-refractivity contribution in [1.29, 1.82) is 5.26 Å². The minimum absolute atomic E-state index is 0.0286. The summed E-state index contributed by atoms with van der Waals surface area (Å²) in [5, 5.41) is 9.68. The SMILES string of the molecule is C[C@H](Oc1ccc(F)cn1)[C@H]1CCN(C(=O)C2CCN(c3ccc(C#N)cn3)CC2)C[C@@H]1c1ccc(Cl)cc1. The van der Waals surface area contributed by atoms with E-state index in [4.69, 9.17) is 21.6 Å². The summed E-state index contributed by atoms with van der Waals surface area (Å²) >= 11 is 6.17. The van der Waals surface area contributed by atoms with Crippen LogP contribution in [0.25, 0.3) is 0 Å². The van der Waals surface area contributed by atoms with Crippen LogP contribution in [0, 0.1) is 29.0 Å². The van der Waals surface area contributed by atoms with Crippen LogP contribution in [0.3, 0.4) is 0 Å². The predicted octanol–water partition coefficient (Wildman–Crippen LogP) is 5.46. The number of carbonyl (C=O) groups excluding carboxylic acids is 1. The lowest BCUT2D eigenvalue weighted by Crippen LogP contribution is -2.49. The van der Waals surface area contributed by atoms with E-state index < -0.39 is 5.82 Å². The molecule has 0 bridgehead atoms. The number of likely N-dealkylation sites (tertiary alicyclic amines) is 1. The number of pyridine rings is 2. The molecule has 0 saturated carbocycles. The van der Waals surface area contributed by atoms with Gasteiger partial charge in [0, 0.05) is 61.2 Å². The van der Waals surface area contributed by atoms with Crippen molar-refractivity contribution in [3.63, 3.8) is 0 Å². The Bertz CT molecular complexity index is 1310. The number of aromatic nitrogens is 2. The number of anilines is 1. The number of nitriles is 1. The van der Waals surface area contributed by atoms with Gasteiger partial charge in [0.05, 0.1) is 11.8 Å². The van der Waals surface area contributed by atoms with E-state index in [1.807, 2.05) is 42.2 Å². The van der Waals surface area contributed by atoms with E-state index in [0.717, 1.165) is 49.9 Å². The molecule has 5 rings (SSSR count). The summed E-state index contributed by atoms with van der Waals surface area (Å²) in [4.78, 5) is 26.3. The molecule has 1 aromatic carbocycles. The minimum atomic E-state index is -0.403. The number of carbonyl (C=O) groups is 1. The Balaban J connectivity index is 1.25. The second-order valence-corrected chi connectivity index (χ2v) is 10.7. The van der Waals surface area contributed by atoms with Crippen LogP contribution in [-0.2, 0) is 4.79 Å². The molecule has 3 atom stereocenters. The van der Waals surface area contributed by atoms with Gasteiger partial charge in [-0.25, -0.2) is 14.4 Å². The van der Waals surface area contributed by atoms with E-state index in [1.54, 1.807) is 18.3 Å². The average Bonchev–Trinajstić information content (AvgIpc) is 2.98. The molecule has 0 aliphatic carbocycles. The fourth-order valence-electron chi connectivity index (χ4n) is 5.76. The average molecular weight is 548 g/mol. The molecule has 2 aliphatic heterocycles. The fraction of sp³-hybridized carbons (Fsp3) is 0.400. The van der Waals surface area contributed by atoms with Gasteiger partial charge in [0.15, 0.2) is 0 Å². The van der Waals surface area contributed by atoms with Crippen LogP contribution in [0.5, 0.6) is 5.88 Å². The molecule has 4 heterocycles. The lowest BCUT2D eigenvalue weighted by molar-refractivity contribution is -0.138.